The summed E-state index contributed by atoms with van der Waals surface area (Å²) in [6, 6.07) is 17.0. The number of carbonyl (C=O) groups is 4. The Morgan fingerprint density at radius 3 is 1.85 bits per heavy atom. The van der Waals surface area contributed by atoms with Gasteiger partial charge in [0.05, 0.1) is 26.9 Å². The van der Waals surface area contributed by atoms with Crippen molar-refractivity contribution in [2.75, 3.05) is 13.2 Å². The van der Waals surface area contributed by atoms with Crippen LogP contribution in [0.15, 0.2) is 54.6 Å². The highest BCUT2D eigenvalue weighted by molar-refractivity contribution is 6.90. The van der Waals surface area contributed by atoms with Crippen molar-refractivity contribution >= 4 is 44.8 Å². The van der Waals surface area contributed by atoms with Crippen LogP contribution in [-0.2, 0) is 25.5 Å². The highest BCUT2D eigenvalue weighted by Gasteiger charge is 2.37. The van der Waals surface area contributed by atoms with E-state index in [-0.39, 0.29) is 29.1 Å². The first-order valence-corrected chi connectivity index (χ1v) is 27.4. The molecule has 10 heteroatoms. The number of rotatable bonds is 10. The summed E-state index contributed by atoms with van der Waals surface area (Å²) >= 11 is 0. The zero-order valence-electron chi connectivity index (χ0n) is 38.2. The summed E-state index contributed by atoms with van der Waals surface area (Å²) in [6.45, 7) is 28.0. The Balaban J connectivity index is 0.000000377. The highest BCUT2D eigenvalue weighted by atomic mass is 28.3. The molecule has 0 fully saturated rings. The average Bonchev–Trinajstić information content (AvgIpc) is 3.38. The summed E-state index contributed by atoms with van der Waals surface area (Å²) < 4.78 is 16.4. The van der Waals surface area contributed by atoms with Gasteiger partial charge in [-0.2, -0.15) is 0 Å². The van der Waals surface area contributed by atoms with Gasteiger partial charge in [-0.05, 0) is 119 Å². The largest absolute Gasteiger partial charge is 0.488 e. The number of Topliss-reactive ketones (excluding diaryl/α,β-unsaturated/α-hetero) is 1. The van der Waals surface area contributed by atoms with Crippen molar-refractivity contribution in [3.05, 3.63) is 82.4 Å². The van der Waals surface area contributed by atoms with Gasteiger partial charge in [-0.25, -0.2) is 0 Å². The molecular formula is C50H64O8Si2. The topological polar surface area (TPSA) is 116 Å². The fraction of sp³-hybridized carbons (Fsp3) is 0.440. The van der Waals surface area contributed by atoms with Gasteiger partial charge in [-0.15, -0.1) is 5.54 Å². The highest BCUT2D eigenvalue weighted by Crippen LogP contribution is 2.41. The molecule has 0 bridgehead atoms. The second-order valence-corrected chi connectivity index (χ2v) is 28.2. The lowest BCUT2D eigenvalue weighted by atomic mass is 9.98. The minimum atomic E-state index is -1.91. The van der Waals surface area contributed by atoms with Crippen LogP contribution in [0.5, 0.6) is 5.75 Å². The molecule has 320 valence electrons. The third kappa shape index (κ3) is 18.4. The van der Waals surface area contributed by atoms with Crippen molar-refractivity contribution in [2.24, 2.45) is 0 Å². The Bertz CT molecular complexity index is 2200. The fourth-order valence-corrected chi connectivity index (χ4v) is 8.48. The second-order valence-electron chi connectivity index (χ2n) is 18.5. The molecule has 1 aliphatic rings. The van der Waals surface area contributed by atoms with E-state index in [1.807, 2.05) is 51.1 Å². The van der Waals surface area contributed by atoms with E-state index < -0.39 is 21.7 Å². The van der Waals surface area contributed by atoms with Crippen LogP contribution < -0.4 is 9.92 Å². The summed E-state index contributed by atoms with van der Waals surface area (Å²) in [4.78, 5) is 47.5. The van der Waals surface area contributed by atoms with Crippen molar-refractivity contribution < 1.29 is 38.5 Å². The van der Waals surface area contributed by atoms with E-state index in [0.29, 0.717) is 50.0 Å². The molecule has 1 aliphatic carbocycles. The quantitative estimate of drug-likeness (QED) is 0.0552. The summed E-state index contributed by atoms with van der Waals surface area (Å²) in [5, 5.41) is 9.69. The lowest BCUT2D eigenvalue weighted by Gasteiger charge is -2.30. The molecule has 4 rings (SSSR count). The van der Waals surface area contributed by atoms with Crippen molar-refractivity contribution in [2.45, 2.75) is 132 Å². The Morgan fingerprint density at radius 1 is 0.750 bits per heavy atom. The van der Waals surface area contributed by atoms with Crippen LogP contribution in [0.1, 0.15) is 112 Å². The number of aliphatic hydroxyl groups is 1. The molecule has 0 heterocycles. The number of ketones is 2. The third-order valence-electron chi connectivity index (χ3n) is 7.95. The number of fused-ring (bicyclic) bond motifs is 3. The van der Waals surface area contributed by atoms with Gasteiger partial charge in [0.2, 0.25) is 5.78 Å². The van der Waals surface area contributed by atoms with Gasteiger partial charge in [0.1, 0.15) is 19.4 Å². The Labute approximate surface area is 361 Å². The minimum absolute atomic E-state index is 0.113. The molecular weight excluding hydrogens is 785 g/mol. The van der Waals surface area contributed by atoms with E-state index in [2.05, 4.69) is 80.5 Å². The summed E-state index contributed by atoms with van der Waals surface area (Å²) in [5.41, 5.74) is 8.04. The standard InChI is InChI=1S/C25H32O4Si.C21H22O3Si.C4H10O/c1-16(26)28-14-10-13-19-21(29-25(2,3)4)15-20-17-11-8-9-12-18(17)23(27)22(20)24(19)30(5,6)7;1-18(22)24-16-11-7-5-6-8-12-19-13-9-10-14-20(19)21(23)15-17-25(2,3)4;1-4(2,3)5/h8-9,11-12,15H,10,13-14H2,1-7H3;9-10,13-14H,7,11,16H2,1-4H3;5H,1-3H3. The van der Waals surface area contributed by atoms with E-state index in [1.54, 1.807) is 39.0 Å². The van der Waals surface area contributed by atoms with E-state index in [0.717, 1.165) is 33.6 Å². The summed E-state index contributed by atoms with van der Waals surface area (Å²) in [6.07, 6.45) is 2.67. The maximum absolute atomic E-state index is 13.4. The van der Waals surface area contributed by atoms with Gasteiger partial charge in [0.15, 0.2) is 5.78 Å². The molecule has 0 aromatic heterocycles. The smallest absolute Gasteiger partial charge is 0.302 e. The van der Waals surface area contributed by atoms with Gasteiger partial charge in [0, 0.05) is 42.5 Å². The maximum atomic E-state index is 13.4. The molecule has 1 N–H and O–H groups in total. The molecule has 0 atom stereocenters. The monoisotopic (exact) mass is 848 g/mol. The number of hydrogen-bond acceptors (Lipinski definition) is 8. The molecule has 0 aliphatic heterocycles. The predicted molar refractivity (Wildman–Crippen MR) is 248 cm³/mol. The molecule has 0 saturated carbocycles. The lowest BCUT2D eigenvalue weighted by molar-refractivity contribution is -0.142. The molecule has 3 aromatic rings. The molecule has 0 amide bonds. The van der Waals surface area contributed by atoms with Gasteiger partial charge in [-0.1, -0.05) is 87.5 Å². The molecule has 60 heavy (non-hydrogen) atoms. The van der Waals surface area contributed by atoms with Crippen LogP contribution in [0.25, 0.3) is 11.1 Å². The van der Waals surface area contributed by atoms with E-state index >= 15 is 0 Å². The Kier molecular flexibility index (Phi) is 19.0. The minimum Gasteiger partial charge on any atom is -0.488 e. The van der Waals surface area contributed by atoms with Crippen molar-refractivity contribution in [1.82, 2.24) is 0 Å². The van der Waals surface area contributed by atoms with Gasteiger partial charge >= 0.3 is 11.9 Å². The van der Waals surface area contributed by atoms with Crippen molar-refractivity contribution in [3.63, 3.8) is 0 Å². The number of ether oxygens (including phenoxy) is 3. The van der Waals surface area contributed by atoms with Crippen molar-refractivity contribution in [3.8, 4) is 52.0 Å². The average molecular weight is 849 g/mol. The Morgan fingerprint density at radius 2 is 1.30 bits per heavy atom. The Hall–Kier alpha value is -5.19. The molecule has 8 nitrogen and oxygen atoms in total. The zero-order chi connectivity index (χ0) is 45.5. The van der Waals surface area contributed by atoms with E-state index in [4.69, 9.17) is 19.3 Å². The van der Waals surface area contributed by atoms with Gasteiger partial charge in [-0.3, -0.25) is 19.2 Å². The number of unbranched alkanes of at least 4 members (excludes halogenated alkanes) is 1. The predicted octanol–water partition coefficient (Wildman–Crippen LogP) is 9.34. The SMILES string of the molecule is CC(=O)OCCCC#CC#Cc1ccccc1C(=O)C#C[Si](C)(C)C.CC(=O)OCCCc1c(OC(C)(C)C)cc2c(c1[Si](C)(C)C)C(=O)c1ccccc1-2.CC(C)(C)O. The van der Waals surface area contributed by atoms with E-state index in [9.17, 15) is 19.2 Å². The van der Waals surface area contributed by atoms with Crippen molar-refractivity contribution in [1.29, 1.82) is 0 Å². The first-order chi connectivity index (χ1) is 27.7. The summed E-state index contributed by atoms with van der Waals surface area (Å²) in [7, 11) is -3.51. The van der Waals surface area contributed by atoms with Crippen LogP contribution >= 0.6 is 0 Å². The van der Waals surface area contributed by atoms with Crippen LogP contribution in [0, 0.1) is 35.1 Å². The lowest BCUT2D eigenvalue weighted by Crippen LogP contribution is -2.44. The first kappa shape index (κ1) is 51.0. The van der Waals surface area contributed by atoms with Crippen LogP contribution in [0.3, 0.4) is 0 Å². The zero-order valence-corrected chi connectivity index (χ0v) is 40.2. The first-order valence-electron chi connectivity index (χ1n) is 20.4. The molecule has 0 spiro atoms. The number of benzene rings is 3. The van der Waals surface area contributed by atoms with Crippen LogP contribution in [-0.4, -0.2) is 69.2 Å². The number of esters is 2. The summed E-state index contributed by atoms with van der Waals surface area (Å²) in [5.74, 6) is 14.3. The molecule has 0 radical (unpaired) electrons. The van der Waals surface area contributed by atoms with Gasteiger partial charge in [0.25, 0.3) is 0 Å². The van der Waals surface area contributed by atoms with Crippen LogP contribution in [0.4, 0.5) is 0 Å². The van der Waals surface area contributed by atoms with E-state index in [1.165, 1.54) is 19.0 Å². The fourth-order valence-electron chi connectivity index (χ4n) is 5.84. The normalized spacial score (nSPS) is 11.5. The molecule has 0 saturated heterocycles. The number of carbonyl (C=O) groups excluding carboxylic acids is 4. The maximum Gasteiger partial charge on any atom is 0.302 e. The number of hydrogen-bond donors (Lipinski definition) is 1. The molecule has 0 unspecified atom stereocenters. The third-order valence-corrected chi connectivity index (χ3v) is 10.9. The second kappa shape index (κ2) is 22.4. The van der Waals surface area contributed by atoms with Gasteiger partial charge < -0.3 is 19.3 Å². The molecule has 3 aromatic carbocycles. The van der Waals surface area contributed by atoms with Crippen LogP contribution in [0.2, 0.25) is 39.3 Å².